The highest BCUT2D eigenvalue weighted by Gasteiger charge is 2.76. The van der Waals surface area contributed by atoms with Gasteiger partial charge in [-0.05, 0) is 172 Å². The Morgan fingerprint density at radius 2 is 0.810 bits per heavy atom. The summed E-state index contributed by atoms with van der Waals surface area (Å²) in [5, 5.41) is 62.0. The number of benzene rings is 4. The molecule has 8 fully saturated rings. The second-order valence-corrected chi connectivity index (χ2v) is 38.3. The summed E-state index contributed by atoms with van der Waals surface area (Å²) >= 11 is 10.2. The molecular weight excluding hydrogens is 1620 g/mol. The highest BCUT2D eigenvalue weighted by atomic mass is 32.2. The maximum atomic E-state index is 14.7. The van der Waals surface area contributed by atoms with Gasteiger partial charge >= 0.3 is 10.6 Å². The molecule has 8 aliphatic rings. The number of anilines is 2. The average molecular weight is 1700 g/mol. The lowest BCUT2D eigenvalue weighted by atomic mass is 9.80. The number of fused-ring (bicyclic) bond motifs is 5. The zero-order valence-corrected chi connectivity index (χ0v) is 69.4. The first kappa shape index (κ1) is 85.0. The minimum absolute atomic E-state index is 0.165. The number of ether oxygens (including phenoxy) is 2. The number of pyridine rings is 3. The van der Waals surface area contributed by atoms with Crippen LogP contribution in [0.25, 0.3) is 0 Å². The van der Waals surface area contributed by atoms with Crippen LogP contribution >= 0.6 is 82.8 Å². The number of thioether (sulfide) groups is 6. The molecule has 598 valence electrons. The van der Waals surface area contributed by atoms with Crippen LogP contribution in [0.1, 0.15) is 113 Å². The molecular formula is C80H76N14O15S7. The van der Waals surface area contributed by atoms with Gasteiger partial charge in [-0.25, -0.2) is 9.59 Å². The Labute approximate surface area is 698 Å². The summed E-state index contributed by atoms with van der Waals surface area (Å²) in [5.41, 5.74) is 0.0569. The lowest BCUT2D eigenvalue weighted by Crippen LogP contribution is -2.71. The van der Waals surface area contributed by atoms with Crippen LogP contribution in [0.5, 0.6) is 11.5 Å². The summed E-state index contributed by atoms with van der Waals surface area (Å²) < 4.78 is 11.5. The number of hydrogen-bond acceptors (Lipinski definition) is 28. The molecule has 8 amide bonds. The number of thiocarbonyl (C=S) groups is 1. The van der Waals surface area contributed by atoms with Gasteiger partial charge in [-0.15, -0.1) is 0 Å². The number of rotatable bonds is 14. The summed E-state index contributed by atoms with van der Waals surface area (Å²) in [6.45, 7) is 8.79. The van der Waals surface area contributed by atoms with Crippen molar-refractivity contribution in [1.82, 2.24) is 44.4 Å². The van der Waals surface area contributed by atoms with E-state index in [0.29, 0.717) is 95.7 Å². The Kier molecular flexibility index (Phi) is 24.1. The number of nitriles is 3. The van der Waals surface area contributed by atoms with Gasteiger partial charge in [-0.3, -0.25) is 53.3 Å². The molecule has 12 atom stereocenters. The quantitative estimate of drug-likeness (QED) is 0.0498. The largest absolute Gasteiger partial charge is 0.418 e. The van der Waals surface area contributed by atoms with Gasteiger partial charge in [0.2, 0.25) is 0 Å². The summed E-state index contributed by atoms with van der Waals surface area (Å²) in [6.07, 6.45) is 4.25. The summed E-state index contributed by atoms with van der Waals surface area (Å²) in [5.74, 6) is -2.53. The molecule has 1 spiro atoms. The Hall–Kier alpha value is -10.4. The zero-order valence-electron chi connectivity index (χ0n) is 63.7. The van der Waals surface area contributed by atoms with Gasteiger partial charge < -0.3 is 64.8 Å². The van der Waals surface area contributed by atoms with Crippen molar-refractivity contribution in [3.05, 3.63) is 210 Å². The minimum atomic E-state index is -1.90. The topological polar surface area (TPSA) is 403 Å². The molecule has 8 saturated heterocycles. The predicted molar refractivity (Wildman–Crippen MR) is 440 cm³/mol. The molecule has 11 heterocycles. The smallest absolute Gasteiger partial charge is 0.375 e. The van der Waals surface area contributed by atoms with Crippen molar-refractivity contribution in [3.8, 4) is 29.7 Å². The van der Waals surface area contributed by atoms with Crippen molar-refractivity contribution in [2.45, 2.75) is 128 Å². The zero-order chi connectivity index (χ0) is 83.9. The number of carbonyl (C=O) groups is 10. The lowest BCUT2D eigenvalue weighted by molar-refractivity contribution is -0.163. The van der Waals surface area contributed by atoms with Crippen LogP contribution in [-0.4, -0.2) is 170 Å². The molecule has 29 nitrogen and oxygen atoms in total. The number of aliphatic hydroxyl groups is 3. The summed E-state index contributed by atoms with van der Waals surface area (Å²) in [4.78, 5) is 150. The first-order valence-electron chi connectivity index (χ1n) is 35.8. The number of likely N-dealkylation sites (N-methyl/N-ethyl adjacent to an activating group) is 3. The molecule has 116 heavy (non-hydrogen) atoms. The number of piperazine rings is 3. The van der Waals surface area contributed by atoms with E-state index in [1.54, 1.807) is 204 Å². The molecule has 0 aliphatic carbocycles. The van der Waals surface area contributed by atoms with E-state index in [1.165, 1.54) is 83.5 Å². The molecule has 0 saturated carbocycles. The standard InChI is InChI=1S/C31H30N6O5S2.C31H28N4O7S2.C18H18N4O3S3/c1-29(19-32)18-31(44-28(42)35-22-12-8-5-9-13-22)26(40)36(3)30(2,43-27(41)34-21-10-6-4-7-11-21)25(39)37(31)24(29)20-14-15-23(17-38)33-16-20;1-29(19-32)18-31(44-28(40)42-23-12-8-5-9-13-23)26(38)34(3)30(2,43-27(39)41-22-10-6-4-7-11-22)25(37)35(31)24(29)20-14-15-21(17-36)33-16-20;1-16(9-19)8-18-14(25)21(3)17(2,27-15(26)28-18)13(24)22(18)12(16)10-4-5-11(7-23)20-6-10/h4-16,24,38H,17-18H2,1-3H3,(H,34,41)(H,35,42);4-16,24,36H,17-18H2,1-3H3;4-6,12,23H,7-8H2,1-3H3/t2*24?,29-,30+,31+;12?,16-,17+,18+/m111/s1. The average Bonchev–Trinajstić information content (AvgIpc) is 1.53. The maximum Gasteiger partial charge on any atom is 0.375 e. The van der Waals surface area contributed by atoms with Crippen molar-refractivity contribution in [1.29, 1.82) is 15.8 Å². The number of amides is 8. The van der Waals surface area contributed by atoms with E-state index in [9.17, 15) is 79.1 Å². The highest BCUT2D eigenvalue weighted by Crippen LogP contribution is 2.67. The van der Waals surface area contributed by atoms with Crippen LogP contribution in [0.15, 0.2) is 176 Å². The molecule has 5 N–H and O–H groups in total. The van der Waals surface area contributed by atoms with Crippen LogP contribution in [0.2, 0.25) is 0 Å². The van der Waals surface area contributed by atoms with Crippen LogP contribution in [-0.2, 0) is 48.6 Å². The van der Waals surface area contributed by atoms with Gasteiger partial charge in [0.05, 0.1) is 89.5 Å². The van der Waals surface area contributed by atoms with E-state index in [2.05, 4.69) is 43.8 Å². The van der Waals surface area contributed by atoms with E-state index < -0.39 is 108 Å². The number of nitrogens with one attached hydrogen (secondary N) is 2. The Morgan fingerprint density at radius 1 is 0.457 bits per heavy atom. The molecule has 15 rings (SSSR count). The van der Waals surface area contributed by atoms with Gasteiger partial charge in [-0.1, -0.05) is 127 Å². The fourth-order valence-corrected chi connectivity index (χ4v) is 23.8. The normalized spacial score (nSPS) is 28.8. The Balaban J connectivity index is 0.000000165. The number of aromatic nitrogens is 3. The second-order valence-electron chi connectivity index (χ2n) is 29.2. The third-order valence-electron chi connectivity index (χ3n) is 21.5. The number of carbonyl (C=O) groups excluding carboxylic acids is 10. The van der Waals surface area contributed by atoms with E-state index in [1.807, 2.05) is 0 Å². The molecule has 0 radical (unpaired) electrons. The van der Waals surface area contributed by atoms with Gasteiger partial charge in [0, 0.05) is 70.4 Å². The molecule has 8 aliphatic heterocycles. The van der Waals surface area contributed by atoms with Crippen molar-refractivity contribution >= 4 is 154 Å². The molecule has 3 unspecified atom stereocenters. The number of para-hydroxylation sites is 4. The van der Waals surface area contributed by atoms with E-state index in [-0.39, 0.29) is 62.4 Å². The van der Waals surface area contributed by atoms with Crippen molar-refractivity contribution in [2.24, 2.45) is 16.2 Å². The van der Waals surface area contributed by atoms with Crippen molar-refractivity contribution in [3.63, 3.8) is 0 Å². The molecule has 36 heteroatoms. The monoisotopic (exact) mass is 1700 g/mol. The first-order chi connectivity index (χ1) is 55.1. The van der Waals surface area contributed by atoms with Gasteiger partial charge in [0.15, 0.2) is 29.2 Å². The fraction of sp³-hybridized carbons (Fsp3) is 0.338. The van der Waals surface area contributed by atoms with Crippen LogP contribution in [0.3, 0.4) is 0 Å². The van der Waals surface area contributed by atoms with Crippen molar-refractivity contribution in [2.75, 3.05) is 31.8 Å². The van der Waals surface area contributed by atoms with Crippen molar-refractivity contribution < 1.29 is 72.7 Å². The van der Waals surface area contributed by atoms with Gasteiger partial charge in [-0.2, -0.15) is 15.8 Å². The third-order valence-corrected chi connectivity index (χ3v) is 29.1. The van der Waals surface area contributed by atoms with Gasteiger partial charge in [0.1, 0.15) is 15.0 Å². The third kappa shape index (κ3) is 15.1. The second kappa shape index (κ2) is 32.9. The highest BCUT2D eigenvalue weighted by molar-refractivity contribution is 8.48. The van der Waals surface area contributed by atoms with E-state index in [0.717, 1.165) is 4.90 Å². The SMILES string of the molecule is CN1C(=O)[C@@]2(SC(=O)Nc3ccccc3)C[C@](C)(C#N)C(c3ccc(CO)nc3)N2C(=O)[C@]1(C)SC(=O)Nc1ccccc1.CN1C(=O)[C@@]2(SC(=O)Oc3ccccc3)C[C@](C)(C#N)C(c3ccc(CO)nc3)N2C(=O)[C@]1(C)SC(=O)Oc1ccccc1.CN1C(=O)[C@@]23C[C@](C)(C#N)C(c4ccc(CO)nc4)N2C(=O)[C@]1(C)SC(=S)S3. The summed E-state index contributed by atoms with van der Waals surface area (Å²) in [7, 11) is 4.42. The predicted octanol–water partition coefficient (Wildman–Crippen LogP) is 12.3. The van der Waals surface area contributed by atoms with E-state index >= 15 is 0 Å². The number of nitrogens with zero attached hydrogens (tertiary/aromatic N) is 12. The maximum absolute atomic E-state index is 14.7. The minimum Gasteiger partial charge on any atom is -0.418 e. The fourth-order valence-electron chi connectivity index (χ4n) is 15.5. The first-order valence-corrected chi connectivity index (χ1v) is 41.1. The van der Waals surface area contributed by atoms with E-state index in [4.69, 9.17) is 21.7 Å². The van der Waals surface area contributed by atoms with Crippen LogP contribution in [0.4, 0.5) is 30.6 Å². The Morgan fingerprint density at radius 3 is 1.19 bits per heavy atom. The van der Waals surface area contributed by atoms with Crippen LogP contribution in [0, 0.1) is 50.2 Å². The molecule has 7 aromatic rings. The molecule has 4 aromatic carbocycles. The molecule has 3 aromatic heterocycles. The number of hydrogen-bond donors (Lipinski definition) is 5. The molecule has 2 bridgehead atoms. The van der Waals surface area contributed by atoms with Crippen LogP contribution < -0.4 is 20.1 Å². The summed E-state index contributed by atoms with van der Waals surface area (Å²) in [6, 6.07) is 48.0. The Bertz CT molecular complexity index is 4980. The van der Waals surface area contributed by atoms with Gasteiger partial charge in [0.25, 0.3) is 45.9 Å². The number of aliphatic hydroxyl groups excluding tert-OH is 3. The lowest BCUT2D eigenvalue weighted by Gasteiger charge is -2.52.